The SMILES string of the molecule is CCc1c(NC(=O)OC(C)(C)C)ccc(C(F)(F)F)c1F. The highest BCUT2D eigenvalue weighted by Crippen LogP contribution is 2.35. The Labute approximate surface area is 120 Å². The molecule has 0 saturated carbocycles. The van der Waals surface area contributed by atoms with Gasteiger partial charge in [0.2, 0.25) is 0 Å². The van der Waals surface area contributed by atoms with Crippen LogP contribution < -0.4 is 5.32 Å². The largest absolute Gasteiger partial charge is 0.444 e. The summed E-state index contributed by atoms with van der Waals surface area (Å²) in [6, 6.07) is 1.62. The van der Waals surface area contributed by atoms with Crippen molar-refractivity contribution >= 4 is 11.8 Å². The van der Waals surface area contributed by atoms with Crippen LogP contribution >= 0.6 is 0 Å². The third kappa shape index (κ3) is 4.61. The second-order valence-corrected chi connectivity index (χ2v) is 5.43. The van der Waals surface area contributed by atoms with E-state index >= 15 is 0 Å². The lowest BCUT2D eigenvalue weighted by Gasteiger charge is -2.21. The average Bonchev–Trinajstić information content (AvgIpc) is 2.24. The zero-order valence-corrected chi connectivity index (χ0v) is 12.2. The Morgan fingerprint density at radius 3 is 2.24 bits per heavy atom. The van der Waals surface area contributed by atoms with Gasteiger partial charge in [0.15, 0.2) is 0 Å². The normalized spacial score (nSPS) is 12.2. The minimum absolute atomic E-state index is 0.000878. The van der Waals surface area contributed by atoms with E-state index in [9.17, 15) is 22.4 Å². The molecule has 7 heteroatoms. The summed E-state index contributed by atoms with van der Waals surface area (Å²) in [4.78, 5) is 11.6. The zero-order chi connectivity index (χ0) is 16.4. The number of nitrogens with one attached hydrogen (secondary N) is 1. The molecule has 3 nitrogen and oxygen atoms in total. The topological polar surface area (TPSA) is 38.3 Å². The first kappa shape index (κ1) is 17.3. The van der Waals surface area contributed by atoms with E-state index in [0.717, 1.165) is 6.07 Å². The molecule has 118 valence electrons. The van der Waals surface area contributed by atoms with Gasteiger partial charge in [0.25, 0.3) is 0 Å². The molecule has 1 rings (SSSR count). The zero-order valence-electron chi connectivity index (χ0n) is 12.2. The molecule has 1 amide bonds. The summed E-state index contributed by atoms with van der Waals surface area (Å²) in [6.07, 6.45) is -5.63. The van der Waals surface area contributed by atoms with Crippen LogP contribution in [0.25, 0.3) is 0 Å². The Kier molecular flexibility index (Phi) is 4.86. The van der Waals surface area contributed by atoms with Crippen molar-refractivity contribution in [1.82, 2.24) is 0 Å². The lowest BCUT2D eigenvalue weighted by molar-refractivity contribution is -0.140. The van der Waals surface area contributed by atoms with Gasteiger partial charge in [-0.1, -0.05) is 6.92 Å². The quantitative estimate of drug-likeness (QED) is 0.800. The Morgan fingerprint density at radius 1 is 1.24 bits per heavy atom. The first-order valence-electron chi connectivity index (χ1n) is 6.34. The summed E-state index contributed by atoms with van der Waals surface area (Å²) < 4.78 is 56.8. The van der Waals surface area contributed by atoms with Crippen LogP contribution in [0.5, 0.6) is 0 Å². The fraction of sp³-hybridized carbons (Fsp3) is 0.500. The fourth-order valence-corrected chi connectivity index (χ4v) is 1.72. The van der Waals surface area contributed by atoms with Gasteiger partial charge in [-0.2, -0.15) is 13.2 Å². The molecule has 1 aromatic carbocycles. The maximum Gasteiger partial charge on any atom is 0.419 e. The van der Waals surface area contributed by atoms with Crippen LogP contribution in [0.1, 0.15) is 38.8 Å². The molecular formula is C14H17F4NO2. The van der Waals surface area contributed by atoms with Crippen molar-refractivity contribution in [2.45, 2.75) is 45.9 Å². The maximum absolute atomic E-state index is 13.9. The maximum atomic E-state index is 13.9. The average molecular weight is 307 g/mol. The highest BCUT2D eigenvalue weighted by atomic mass is 19.4. The summed E-state index contributed by atoms with van der Waals surface area (Å²) in [5.41, 5.74) is -2.36. The number of benzene rings is 1. The molecule has 21 heavy (non-hydrogen) atoms. The number of halogens is 4. The monoisotopic (exact) mass is 307 g/mol. The molecule has 0 bridgehead atoms. The van der Waals surface area contributed by atoms with E-state index in [1.165, 1.54) is 6.92 Å². The van der Waals surface area contributed by atoms with Crippen LogP contribution in [0.2, 0.25) is 0 Å². The molecule has 1 aromatic rings. The van der Waals surface area contributed by atoms with Crippen LogP contribution in [0.15, 0.2) is 12.1 Å². The van der Waals surface area contributed by atoms with Gasteiger partial charge in [0.05, 0.1) is 11.3 Å². The number of amides is 1. The number of rotatable bonds is 2. The lowest BCUT2D eigenvalue weighted by Crippen LogP contribution is -2.27. The molecule has 0 atom stereocenters. The first-order chi connectivity index (χ1) is 9.45. The van der Waals surface area contributed by atoms with E-state index in [4.69, 9.17) is 4.74 Å². The van der Waals surface area contributed by atoms with E-state index in [1.54, 1.807) is 20.8 Å². The Balaban J connectivity index is 3.10. The van der Waals surface area contributed by atoms with Gasteiger partial charge in [0, 0.05) is 5.56 Å². The molecule has 0 radical (unpaired) electrons. The number of carbonyl (C=O) groups excluding carboxylic acids is 1. The van der Waals surface area contributed by atoms with E-state index < -0.39 is 29.3 Å². The lowest BCUT2D eigenvalue weighted by atomic mass is 10.0. The van der Waals surface area contributed by atoms with E-state index in [2.05, 4.69) is 5.32 Å². The highest BCUT2D eigenvalue weighted by Gasteiger charge is 2.35. The third-order valence-electron chi connectivity index (χ3n) is 2.54. The van der Waals surface area contributed by atoms with Gasteiger partial charge in [0.1, 0.15) is 11.4 Å². The van der Waals surface area contributed by atoms with E-state index in [-0.39, 0.29) is 17.7 Å². The summed E-state index contributed by atoms with van der Waals surface area (Å²) in [5.74, 6) is -1.38. The minimum Gasteiger partial charge on any atom is -0.444 e. The van der Waals surface area contributed by atoms with Crippen molar-refractivity contribution in [1.29, 1.82) is 0 Å². The van der Waals surface area contributed by atoms with Gasteiger partial charge in [-0.05, 0) is 39.3 Å². The van der Waals surface area contributed by atoms with Gasteiger partial charge < -0.3 is 4.74 Å². The molecular weight excluding hydrogens is 290 g/mol. The highest BCUT2D eigenvalue weighted by molar-refractivity contribution is 5.86. The number of anilines is 1. The van der Waals surface area contributed by atoms with Crippen molar-refractivity contribution in [3.05, 3.63) is 29.1 Å². The van der Waals surface area contributed by atoms with Crippen molar-refractivity contribution < 1.29 is 27.1 Å². The molecule has 1 N–H and O–H groups in total. The standard InChI is InChI=1S/C14H17F4NO2/c1-5-8-10(19-12(20)21-13(2,3)4)7-6-9(11(8)15)14(16,17)18/h6-7H,5H2,1-4H3,(H,19,20). The predicted octanol–water partition coefficient (Wildman–Crippen LogP) is 4.75. The molecule has 0 unspecified atom stereocenters. The third-order valence-corrected chi connectivity index (χ3v) is 2.54. The van der Waals surface area contributed by atoms with Gasteiger partial charge >= 0.3 is 12.3 Å². The molecule has 0 aliphatic carbocycles. The molecule has 0 fully saturated rings. The summed E-state index contributed by atoms with van der Waals surface area (Å²) in [5, 5.41) is 2.27. The second kappa shape index (κ2) is 5.91. The second-order valence-electron chi connectivity index (χ2n) is 5.43. The minimum atomic E-state index is -4.78. The Bertz CT molecular complexity index is 533. The predicted molar refractivity (Wildman–Crippen MR) is 70.6 cm³/mol. The number of alkyl halides is 3. The Hall–Kier alpha value is -1.79. The molecule has 0 aliphatic rings. The first-order valence-corrected chi connectivity index (χ1v) is 6.34. The van der Waals surface area contributed by atoms with E-state index in [1.807, 2.05) is 0 Å². The molecule has 0 spiro atoms. The van der Waals surface area contributed by atoms with E-state index in [0.29, 0.717) is 6.07 Å². The van der Waals surface area contributed by atoms with Crippen molar-refractivity contribution in [3.8, 4) is 0 Å². The smallest absolute Gasteiger partial charge is 0.419 e. The number of carbonyl (C=O) groups is 1. The summed E-state index contributed by atoms with van der Waals surface area (Å²) in [7, 11) is 0. The number of hydrogen-bond donors (Lipinski definition) is 1. The summed E-state index contributed by atoms with van der Waals surface area (Å²) >= 11 is 0. The molecule has 0 aliphatic heterocycles. The van der Waals surface area contributed by atoms with Gasteiger partial charge in [-0.3, -0.25) is 5.32 Å². The van der Waals surface area contributed by atoms with Crippen molar-refractivity contribution in [3.63, 3.8) is 0 Å². The molecule has 0 aromatic heterocycles. The molecule has 0 heterocycles. The van der Waals surface area contributed by atoms with Gasteiger partial charge in [-0.25, -0.2) is 9.18 Å². The van der Waals surface area contributed by atoms with Crippen LogP contribution in [0.3, 0.4) is 0 Å². The van der Waals surface area contributed by atoms with Crippen LogP contribution in [0.4, 0.5) is 28.0 Å². The van der Waals surface area contributed by atoms with Crippen molar-refractivity contribution in [2.24, 2.45) is 0 Å². The number of ether oxygens (including phenoxy) is 1. The van der Waals surface area contributed by atoms with Crippen LogP contribution in [-0.2, 0) is 17.3 Å². The Morgan fingerprint density at radius 2 is 1.81 bits per heavy atom. The van der Waals surface area contributed by atoms with Gasteiger partial charge in [-0.15, -0.1) is 0 Å². The van der Waals surface area contributed by atoms with Crippen molar-refractivity contribution in [2.75, 3.05) is 5.32 Å². The summed E-state index contributed by atoms with van der Waals surface area (Å²) in [6.45, 7) is 6.42. The molecule has 0 saturated heterocycles. The number of hydrogen-bond acceptors (Lipinski definition) is 2. The fourth-order valence-electron chi connectivity index (χ4n) is 1.72. The van der Waals surface area contributed by atoms with Crippen LogP contribution in [-0.4, -0.2) is 11.7 Å². The van der Waals surface area contributed by atoms with Crippen LogP contribution in [0, 0.1) is 5.82 Å².